The molecular weight excluding hydrogens is 240 g/mol. The molecule has 3 heteroatoms. The first kappa shape index (κ1) is 14.0. The molecule has 1 saturated carbocycles. The Morgan fingerprint density at radius 1 is 1.44 bits per heavy atom. The van der Waals surface area contributed by atoms with Gasteiger partial charge in [-0.05, 0) is 51.9 Å². The Hall–Kier alpha value is -0.410. The molecule has 3 unspecified atom stereocenters. The first-order valence-corrected chi connectivity index (χ1v) is 8.02. The quantitative estimate of drug-likeness (QED) is 0.891. The maximum absolute atomic E-state index is 4.79. The number of hydrogen-bond acceptors (Lipinski definition) is 3. The second-order valence-corrected chi connectivity index (χ2v) is 7.20. The summed E-state index contributed by atoms with van der Waals surface area (Å²) in [5.74, 6) is 1.51. The monoisotopic (exact) mass is 266 g/mol. The number of nitrogens with one attached hydrogen (secondary N) is 1. The molecule has 0 aliphatic heterocycles. The van der Waals surface area contributed by atoms with Crippen molar-refractivity contribution in [3.05, 3.63) is 16.1 Å². The van der Waals surface area contributed by atoms with Gasteiger partial charge in [0.25, 0.3) is 0 Å². The minimum atomic E-state index is 0.111. The summed E-state index contributed by atoms with van der Waals surface area (Å²) in [4.78, 5) is 4.79. The maximum Gasteiger partial charge on any atom is 0.113 e. The van der Waals surface area contributed by atoms with Gasteiger partial charge in [0.15, 0.2) is 0 Å². The van der Waals surface area contributed by atoms with Crippen molar-refractivity contribution in [2.45, 2.75) is 65.5 Å². The molecule has 2 nitrogen and oxygen atoms in total. The van der Waals surface area contributed by atoms with Crippen LogP contribution in [0.4, 0.5) is 0 Å². The van der Waals surface area contributed by atoms with Gasteiger partial charge in [-0.2, -0.15) is 0 Å². The van der Waals surface area contributed by atoms with Crippen LogP contribution in [-0.4, -0.2) is 11.0 Å². The molecular formula is C15H26N2S. The first-order chi connectivity index (χ1) is 8.44. The zero-order valence-electron chi connectivity index (χ0n) is 12.3. The van der Waals surface area contributed by atoms with E-state index in [-0.39, 0.29) is 5.54 Å². The van der Waals surface area contributed by atoms with Gasteiger partial charge in [0.05, 0.1) is 5.54 Å². The van der Waals surface area contributed by atoms with Crippen LogP contribution < -0.4 is 5.32 Å². The van der Waals surface area contributed by atoms with E-state index in [1.165, 1.54) is 24.3 Å². The summed E-state index contributed by atoms with van der Waals surface area (Å²) in [5.41, 5.74) is 1.27. The Balaban J connectivity index is 2.34. The van der Waals surface area contributed by atoms with Gasteiger partial charge >= 0.3 is 0 Å². The zero-order chi connectivity index (χ0) is 13.3. The van der Waals surface area contributed by atoms with Gasteiger partial charge in [-0.3, -0.25) is 0 Å². The Bertz CT molecular complexity index is 399. The molecule has 1 heterocycles. The molecule has 1 fully saturated rings. The second-order valence-electron chi connectivity index (χ2n) is 6.35. The largest absolute Gasteiger partial charge is 0.303 e. The lowest BCUT2D eigenvalue weighted by atomic mass is 9.70. The van der Waals surface area contributed by atoms with Crippen molar-refractivity contribution < 1.29 is 0 Å². The van der Waals surface area contributed by atoms with E-state index >= 15 is 0 Å². The summed E-state index contributed by atoms with van der Waals surface area (Å²) >= 11 is 1.83. The molecule has 2 rings (SSSR count). The maximum atomic E-state index is 4.79. The molecule has 18 heavy (non-hydrogen) atoms. The topological polar surface area (TPSA) is 24.9 Å². The number of aromatic nitrogens is 1. The molecule has 1 aromatic rings. The fourth-order valence-corrected chi connectivity index (χ4v) is 4.42. The van der Waals surface area contributed by atoms with E-state index in [0.717, 1.165) is 11.6 Å². The molecule has 102 valence electrons. The molecule has 3 atom stereocenters. The molecule has 0 spiro atoms. The van der Waals surface area contributed by atoms with Gasteiger partial charge < -0.3 is 5.32 Å². The van der Waals surface area contributed by atoms with E-state index in [0.29, 0.717) is 12.0 Å². The van der Waals surface area contributed by atoms with E-state index in [1.54, 1.807) is 0 Å². The second kappa shape index (κ2) is 5.30. The van der Waals surface area contributed by atoms with Gasteiger partial charge in [-0.1, -0.05) is 13.8 Å². The van der Waals surface area contributed by atoms with Crippen molar-refractivity contribution in [3.8, 4) is 0 Å². The predicted octanol–water partition coefficient (Wildman–Crippen LogP) is 4.10. The molecule has 0 bridgehead atoms. The third-order valence-corrected chi connectivity index (χ3v) is 5.31. The summed E-state index contributed by atoms with van der Waals surface area (Å²) in [6.07, 6.45) is 3.83. The Morgan fingerprint density at radius 2 is 2.17 bits per heavy atom. The SMILES string of the molecule is Cc1csc(C2(NC(C)C)CCC(C)CC2C)n1. The third kappa shape index (κ3) is 2.62. The highest BCUT2D eigenvalue weighted by Gasteiger charge is 2.43. The van der Waals surface area contributed by atoms with Gasteiger partial charge in [-0.15, -0.1) is 11.3 Å². The van der Waals surface area contributed by atoms with Gasteiger partial charge in [0, 0.05) is 17.1 Å². The normalized spacial score (nSPS) is 33.0. The summed E-state index contributed by atoms with van der Waals surface area (Å²) in [6.45, 7) is 11.4. The molecule has 0 saturated heterocycles. The van der Waals surface area contributed by atoms with Crippen LogP contribution in [0.3, 0.4) is 0 Å². The van der Waals surface area contributed by atoms with E-state index in [2.05, 4.69) is 45.3 Å². The lowest BCUT2D eigenvalue weighted by molar-refractivity contribution is 0.112. The van der Waals surface area contributed by atoms with Crippen LogP contribution >= 0.6 is 11.3 Å². The minimum Gasteiger partial charge on any atom is -0.303 e. The lowest BCUT2D eigenvalue weighted by Gasteiger charge is -2.45. The highest BCUT2D eigenvalue weighted by Crippen LogP contribution is 2.44. The van der Waals surface area contributed by atoms with Crippen molar-refractivity contribution >= 4 is 11.3 Å². The highest BCUT2D eigenvalue weighted by atomic mass is 32.1. The van der Waals surface area contributed by atoms with Crippen LogP contribution in [-0.2, 0) is 5.54 Å². The fraction of sp³-hybridized carbons (Fsp3) is 0.800. The molecule has 1 N–H and O–H groups in total. The smallest absolute Gasteiger partial charge is 0.113 e. The molecule has 1 aliphatic carbocycles. The average Bonchev–Trinajstić information content (AvgIpc) is 2.69. The Morgan fingerprint density at radius 3 is 2.67 bits per heavy atom. The standard InChI is InChI=1S/C15H26N2S/c1-10(2)17-15(14-16-13(5)9-18-14)7-6-11(3)8-12(15)4/h9-12,17H,6-8H2,1-5H3. The van der Waals surface area contributed by atoms with E-state index < -0.39 is 0 Å². The van der Waals surface area contributed by atoms with Crippen LogP contribution in [0.2, 0.25) is 0 Å². The Labute approximate surface area is 115 Å². The predicted molar refractivity (Wildman–Crippen MR) is 79.0 cm³/mol. The van der Waals surface area contributed by atoms with Crippen LogP contribution in [0.15, 0.2) is 5.38 Å². The zero-order valence-corrected chi connectivity index (χ0v) is 13.1. The van der Waals surface area contributed by atoms with Crippen molar-refractivity contribution in [3.63, 3.8) is 0 Å². The highest BCUT2D eigenvalue weighted by molar-refractivity contribution is 7.09. The van der Waals surface area contributed by atoms with E-state index in [4.69, 9.17) is 4.98 Å². The van der Waals surface area contributed by atoms with Gasteiger partial charge in [0.2, 0.25) is 0 Å². The molecule has 0 amide bonds. The number of aryl methyl sites for hydroxylation is 1. The van der Waals surface area contributed by atoms with Crippen LogP contribution in [0.25, 0.3) is 0 Å². The molecule has 1 aliphatic rings. The van der Waals surface area contributed by atoms with Crippen LogP contribution in [0.1, 0.15) is 57.7 Å². The summed E-state index contributed by atoms with van der Waals surface area (Å²) in [7, 11) is 0. The van der Waals surface area contributed by atoms with Gasteiger partial charge in [-0.25, -0.2) is 4.98 Å². The Kier molecular flexibility index (Phi) is 4.12. The van der Waals surface area contributed by atoms with E-state index in [9.17, 15) is 0 Å². The number of nitrogens with zero attached hydrogens (tertiary/aromatic N) is 1. The summed E-state index contributed by atoms with van der Waals surface area (Å²) in [6, 6.07) is 0.505. The summed E-state index contributed by atoms with van der Waals surface area (Å²) in [5, 5.41) is 7.33. The minimum absolute atomic E-state index is 0.111. The number of thiazole rings is 1. The van der Waals surface area contributed by atoms with Crippen molar-refractivity contribution in [1.82, 2.24) is 10.3 Å². The number of rotatable bonds is 3. The van der Waals surface area contributed by atoms with Crippen molar-refractivity contribution in [2.24, 2.45) is 11.8 Å². The van der Waals surface area contributed by atoms with Crippen molar-refractivity contribution in [2.75, 3.05) is 0 Å². The average molecular weight is 266 g/mol. The summed E-state index contributed by atoms with van der Waals surface area (Å²) < 4.78 is 0. The van der Waals surface area contributed by atoms with Crippen molar-refractivity contribution in [1.29, 1.82) is 0 Å². The van der Waals surface area contributed by atoms with Gasteiger partial charge in [0.1, 0.15) is 5.01 Å². The lowest BCUT2D eigenvalue weighted by Crippen LogP contribution is -2.53. The van der Waals surface area contributed by atoms with E-state index in [1.807, 2.05) is 11.3 Å². The molecule has 0 aromatic carbocycles. The number of hydrogen-bond donors (Lipinski definition) is 1. The third-order valence-electron chi connectivity index (χ3n) is 4.18. The van der Waals surface area contributed by atoms with Crippen LogP contribution in [0.5, 0.6) is 0 Å². The molecule has 1 aromatic heterocycles. The fourth-order valence-electron chi connectivity index (χ4n) is 3.31. The molecule has 0 radical (unpaired) electrons. The van der Waals surface area contributed by atoms with Crippen LogP contribution in [0, 0.1) is 18.8 Å². The first-order valence-electron chi connectivity index (χ1n) is 7.14.